The maximum Gasteiger partial charge on any atom is 0.320 e. The van der Waals surface area contributed by atoms with Gasteiger partial charge in [-0.3, -0.25) is 4.79 Å². The molecule has 0 spiro atoms. The molecule has 0 saturated carbocycles. The minimum Gasteiger partial charge on any atom is -0.480 e. The standard InChI is InChI=1S/C13H27NO2/c1-4-5-9-12(13(15)16)14-10-7-6-8-11(2)3/h11-12,14H,4-10H2,1-3H3,(H,15,16). The number of unbranched alkanes of at least 4 members (excludes halogenated alkanes) is 2. The van der Waals surface area contributed by atoms with E-state index in [9.17, 15) is 4.79 Å². The van der Waals surface area contributed by atoms with E-state index in [0.717, 1.165) is 38.1 Å². The molecule has 0 aromatic rings. The predicted molar refractivity (Wildman–Crippen MR) is 67.6 cm³/mol. The molecule has 0 fully saturated rings. The molecule has 2 N–H and O–H groups in total. The van der Waals surface area contributed by atoms with Crippen molar-refractivity contribution in [1.82, 2.24) is 5.32 Å². The minimum absolute atomic E-state index is 0.348. The first kappa shape index (κ1) is 15.4. The second-order valence-electron chi connectivity index (χ2n) is 4.88. The highest BCUT2D eigenvalue weighted by Crippen LogP contribution is 2.06. The van der Waals surface area contributed by atoms with Crippen LogP contribution in [-0.2, 0) is 4.79 Å². The third-order valence-corrected chi connectivity index (χ3v) is 2.74. The first-order chi connectivity index (χ1) is 7.57. The van der Waals surface area contributed by atoms with Crippen LogP contribution in [-0.4, -0.2) is 23.7 Å². The fraction of sp³-hybridized carbons (Fsp3) is 0.923. The van der Waals surface area contributed by atoms with Gasteiger partial charge in [-0.25, -0.2) is 0 Å². The lowest BCUT2D eigenvalue weighted by atomic mass is 10.1. The molecule has 0 aliphatic carbocycles. The van der Waals surface area contributed by atoms with Gasteiger partial charge >= 0.3 is 5.97 Å². The zero-order chi connectivity index (χ0) is 12.4. The second-order valence-corrected chi connectivity index (χ2v) is 4.88. The van der Waals surface area contributed by atoms with Gasteiger partial charge in [0.25, 0.3) is 0 Å². The Hall–Kier alpha value is -0.570. The monoisotopic (exact) mass is 229 g/mol. The molecule has 1 atom stereocenters. The lowest BCUT2D eigenvalue weighted by molar-refractivity contribution is -0.139. The van der Waals surface area contributed by atoms with E-state index in [0.29, 0.717) is 0 Å². The van der Waals surface area contributed by atoms with Crippen molar-refractivity contribution in [2.45, 2.75) is 65.3 Å². The second kappa shape index (κ2) is 9.64. The SMILES string of the molecule is CCCCC(NCCCCC(C)C)C(=O)O. The molecule has 3 nitrogen and oxygen atoms in total. The average molecular weight is 229 g/mol. The molecule has 1 unspecified atom stereocenters. The molecule has 0 amide bonds. The molecule has 3 heteroatoms. The summed E-state index contributed by atoms with van der Waals surface area (Å²) in [5, 5.41) is 12.1. The number of carbonyl (C=O) groups is 1. The summed E-state index contributed by atoms with van der Waals surface area (Å²) in [6, 6.07) is -0.348. The number of rotatable bonds is 10. The molecule has 0 aromatic heterocycles. The summed E-state index contributed by atoms with van der Waals surface area (Å²) in [6.45, 7) is 7.35. The third kappa shape index (κ3) is 8.72. The molecule has 0 aliphatic heterocycles. The Labute approximate surface area is 99.6 Å². The van der Waals surface area contributed by atoms with Crippen molar-refractivity contribution in [3.8, 4) is 0 Å². The van der Waals surface area contributed by atoms with Crippen molar-refractivity contribution in [2.75, 3.05) is 6.54 Å². The lowest BCUT2D eigenvalue weighted by Crippen LogP contribution is -2.37. The first-order valence-electron chi connectivity index (χ1n) is 6.54. The number of carboxylic acid groups (broad SMARTS) is 1. The normalized spacial score (nSPS) is 13.0. The maximum absolute atomic E-state index is 10.9. The molecule has 16 heavy (non-hydrogen) atoms. The number of hydrogen-bond donors (Lipinski definition) is 2. The van der Waals surface area contributed by atoms with Crippen molar-refractivity contribution in [3.05, 3.63) is 0 Å². The van der Waals surface area contributed by atoms with E-state index in [-0.39, 0.29) is 6.04 Å². The van der Waals surface area contributed by atoms with Gasteiger partial charge in [-0.15, -0.1) is 0 Å². The Morgan fingerprint density at radius 1 is 1.19 bits per heavy atom. The summed E-state index contributed by atoms with van der Waals surface area (Å²) in [5.41, 5.74) is 0. The number of carboxylic acids is 1. The van der Waals surface area contributed by atoms with Crippen LogP contribution in [0, 0.1) is 5.92 Å². The van der Waals surface area contributed by atoms with Crippen LogP contribution in [0.1, 0.15) is 59.3 Å². The van der Waals surface area contributed by atoms with Gasteiger partial charge in [0.2, 0.25) is 0 Å². The van der Waals surface area contributed by atoms with Gasteiger partial charge in [0.15, 0.2) is 0 Å². The minimum atomic E-state index is -0.711. The smallest absolute Gasteiger partial charge is 0.320 e. The van der Waals surface area contributed by atoms with Crippen molar-refractivity contribution in [2.24, 2.45) is 5.92 Å². The van der Waals surface area contributed by atoms with E-state index >= 15 is 0 Å². The summed E-state index contributed by atoms with van der Waals surface area (Å²) >= 11 is 0. The third-order valence-electron chi connectivity index (χ3n) is 2.74. The van der Waals surface area contributed by atoms with Gasteiger partial charge in [0.1, 0.15) is 6.04 Å². The van der Waals surface area contributed by atoms with E-state index in [1.165, 1.54) is 12.8 Å². The highest BCUT2D eigenvalue weighted by atomic mass is 16.4. The van der Waals surface area contributed by atoms with Crippen LogP contribution in [0.15, 0.2) is 0 Å². The van der Waals surface area contributed by atoms with Crippen molar-refractivity contribution < 1.29 is 9.90 Å². The average Bonchev–Trinajstić information content (AvgIpc) is 2.21. The summed E-state index contributed by atoms with van der Waals surface area (Å²) in [4.78, 5) is 10.9. The number of hydrogen-bond acceptors (Lipinski definition) is 2. The maximum atomic E-state index is 10.9. The van der Waals surface area contributed by atoms with Crippen LogP contribution in [0.25, 0.3) is 0 Å². The van der Waals surface area contributed by atoms with Crippen LogP contribution in [0.5, 0.6) is 0 Å². The Morgan fingerprint density at radius 3 is 2.38 bits per heavy atom. The lowest BCUT2D eigenvalue weighted by Gasteiger charge is -2.14. The highest BCUT2D eigenvalue weighted by molar-refractivity contribution is 5.73. The molecule has 0 aromatic carbocycles. The molecule has 0 radical (unpaired) electrons. The van der Waals surface area contributed by atoms with Crippen molar-refractivity contribution in [1.29, 1.82) is 0 Å². The Kier molecular flexibility index (Phi) is 9.30. The van der Waals surface area contributed by atoms with Gasteiger partial charge in [-0.2, -0.15) is 0 Å². The van der Waals surface area contributed by atoms with E-state index in [1.807, 2.05) is 0 Å². The zero-order valence-electron chi connectivity index (χ0n) is 11.0. The van der Waals surface area contributed by atoms with Crippen molar-refractivity contribution >= 4 is 5.97 Å². The molecule has 0 bridgehead atoms. The van der Waals surface area contributed by atoms with Crippen LogP contribution in [0.4, 0.5) is 0 Å². The molecule has 0 aliphatic rings. The van der Waals surface area contributed by atoms with Crippen molar-refractivity contribution in [3.63, 3.8) is 0 Å². The summed E-state index contributed by atoms with van der Waals surface area (Å²) < 4.78 is 0. The van der Waals surface area contributed by atoms with Gasteiger partial charge in [-0.05, 0) is 25.3 Å². The van der Waals surface area contributed by atoms with Crippen LogP contribution >= 0.6 is 0 Å². The van der Waals surface area contributed by atoms with E-state index in [4.69, 9.17) is 5.11 Å². The molecular formula is C13H27NO2. The molecular weight excluding hydrogens is 202 g/mol. The zero-order valence-corrected chi connectivity index (χ0v) is 11.0. The van der Waals surface area contributed by atoms with Gasteiger partial charge in [-0.1, -0.05) is 46.5 Å². The number of aliphatic carboxylic acids is 1. The molecule has 0 rings (SSSR count). The summed E-state index contributed by atoms with van der Waals surface area (Å²) in [5.74, 6) is 0.0349. The quantitative estimate of drug-likeness (QED) is 0.566. The molecule has 96 valence electrons. The van der Waals surface area contributed by atoms with Gasteiger partial charge < -0.3 is 10.4 Å². The van der Waals surface area contributed by atoms with E-state index in [2.05, 4.69) is 26.1 Å². The fourth-order valence-corrected chi connectivity index (χ4v) is 1.67. The largest absolute Gasteiger partial charge is 0.480 e. The van der Waals surface area contributed by atoms with E-state index in [1.54, 1.807) is 0 Å². The van der Waals surface area contributed by atoms with Gasteiger partial charge in [0, 0.05) is 0 Å². The van der Waals surface area contributed by atoms with E-state index < -0.39 is 5.97 Å². The summed E-state index contributed by atoms with van der Waals surface area (Å²) in [6.07, 6.45) is 6.28. The Balaban J connectivity index is 3.56. The number of nitrogens with one attached hydrogen (secondary N) is 1. The molecule has 0 heterocycles. The van der Waals surface area contributed by atoms with Crippen LogP contribution in [0.2, 0.25) is 0 Å². The summed E-state index contributed by atoms with van der Waals surface area (Å²) in [7, 11) is 0. The van der Waals surface area contributed by atoms with Crippen LogP contribution in [0.3, 0.4) is 0 Å². The Morgan fingerprint density at radius 2 is 1.88 bits per heavy atom. The highest BCUT2D eigenvalue weighted by Gasteiger charge is 2.14. The van der Waals surface area contributed by atoms with Gasteiger partial charge in [0.05, 0.1) is 0 Å². The Bertz CT molecular complexity index is 181. The van der Waals surface area contributed by atoms with Crippen LogP contribution < -0.4 is 5.32 Å². The topological polar surface area (TPSA) is 49.3 Å². The predicted octanol–water partition coefficient (Wildman–Crippen LogP) is 3.05. The fourth-order valence-electron chi connectivity index (χ4n) is 1.67. The first-order valence-corrected chi connectivity index (χ1v) is 6.54. The molecule has 0 saturated heterocycles.